The van der Waals surface area contributed by atoms with Crippen molar-refractivity contribution in [1.82, 2.24) is 9.97 Å². The number of nitrogens with one attached hydrogen (secondary N) is 1. The summed E-state index contributed by atoms with van der Waals surface area (Å²) >= 11 is 7.53. The Morgan fingerprint density at radius 1 is 1.37 bits per heavy atom. The van der Waals surface area contributed by atoms with Gasteiger partial charge in [-0.3, -0.25) is 0 Å². The Balaban J connectivity index is 2.03. The molecule has 0 saturated heterocycles. The molecule has 0 aliphatic heterocycles. The monoisotopic (exact) mass is 296 g/mol. The quantitative estimate of drug-likeness (QED) is 0.883. The highest BCUT2D eigenvalue weighted by Gasteiger charge is 2.07. The molecular formula is C13H17ClN4S. The molecule has 0 atom stereocenters. The molecule has 1 N–H and O–H groups in total. The molecular weight excluding hydrogens is 280 g/mol. The maximum atomic E-state index is 5.94. The molecule has 0 fully saturated rings. The van der Waals surface area contributed by atoms with E-state index in [0.29, 0.717) is 5.95 Å². The molecule has 2 heterocycles. The van der Waals surface area contributed by atoms with Crippen LogP contribution < -0.4 is 10.2 Å². The molecule has 102 valence electrons. The van der Waals surface area contributed by atoms with Crippen molar-refractivity contribution in [1.29, 1.82) is 0 Å². The Bertz CT molecular complexity index is 529. The van der Waals surface area contributed by atoms with Crippen LogP contribution in [0.4, 0.5) is 11.8 Å². The van der Waals surface area contributed by atoms with Crippen molar-refractivity contribution in [2.24, 2.45) is 0 Å². The number of hydrogen-bond acceptors (Lipinski definition) is 5. The third-order valence-corrected chi connectivity index (χ3v) is 3.80. The van der Waals surface area contributed by atoms with Crippen LogP contribution in [-0.2, 0) is 6.54 Å². The van der Waals surface area contributed by atoms with Crippen LogP contribution in [-0.4, -0.2) is 23.6 Å². The maximum Gasteiger partial charge on any atom is 0.224 e. The van der Waals surface area contributed by atoms with Crippen molar-refractivity contribution < 1.29 is 0 Å². The van der Waals surface area contributed by atoms with Gasteiger partial charge in [0.25, 0.3) is 0 Å². The second-order valence-corrected chi connectivity index (χ2v) is 6.03. The zero-order valence-electron chi connectivity index (χ0n) is 11.1. The highest BCUT2D eigenvalue weighted by molar-refractivity contribution is 7.16. The van der Waals surface area contributed by atoms with Crippen LogP contribution in [0.5, 0.6) is 0 Å². The predicted octanol–water partition coefficient (Wildman–Crippen LogP) is 3.65. The Hall–Kier alpha value is -1.33. The van der Waals surface area contributed by atoms with Crippen LogP contribution in [0.2, 0.25) is 4.34 Å². The van der Waals surface area contributed by atoms with Crippen molar-refractivity contribution in [3.05, 3.63) is 33.6 Å². The van der Waals surface area contributed by atoms with Gasteiger partial charge in [-0.05, 0) is 24.6 Å². The highest BCUT2D eigenvalue weighted by Crippen LogP contribution is 2.23. The third kappa shape index (κ3) is 4.08. The molecule has 4 nitrogen and oxygen atoms in total. The average Bonchev–Trinajstić information content (AvgIpc) is 2.82. The minimum Gasteiger partial charge on any atom is -0.354 e. The van der Waals surface area contributed by atoms with Gasteiger partial charge in [0, 0.05) is 24.7 Å². The van der Waals surface area contributed by atoms with Crippen molar-refractivity contribution in [2.45, 2.75) is 19.9 Å². The second kappa shape index (κ2) is 6.73. The summed E-state index contributed by atoms with van der Waals surface area (Å²) in [6.45, 7) is 3.79. The summed E-state index contributed by atoms with van der Waals surface area (Å²) in [5.41, 5.74) is 0. The lowest BCUT2D eigenvalue weighted by molar-refractivity contribution is 0.895. The smallest absolute Gasteiger partial charge is 0.224 e. The van der Waals surface area contributed by atoms with E-state index < -0.39 is 0 Å². The molecule has 0 bridgehead atoms. The molecule has 0 aliphatic carbocycles. The molecule has 0 aliphatic rings. The normalized spacial score (nSPS) is 10.5. The molecule has 0 spiro atoms. The van der Waals surface area contributed by atoms with E-state index in [1.807, 2.05) is 25.2 Å². The first-order valence-electron chi connectivity index (χ1n) is 6.21. The molecule has 6 heteroatoms. The molecule has 0 amide bonds. The van der Waals surface area contributed by atoms with Crippen molar-refractivity contribution in [2.75, 3.05) is 23.8 Å². The van der Waals surface area contributed by atoms with Crippen molar-refractivity contribution in [3.63, 3.8) is 0 Å². The molecule has 0 saturated carbocycles. The van der Waals surface area contributed by atoms with E-state index in [-0.39, 0.29) is 0 Å². The standard InChI is InChI=1S/C13H17ClN4S/c1-3-7-15-13-16-8-6-12(17-13)18(2)9-10-4-5-11(14)19-10/h4-6,8H,3,7,9H2,1-2H3,(H,15,16,17). The van der Waals surface area contributed by atoms with Gasteiger partial charge in [-0.1, -0.05) is 18.5 Å². The number of halogens is 1. The SMILES string of the molecule is CCCNc1nccc(N(C)Cc2ccc(Cl)s2)n1. The summed E-state index contributed by atoms with van der Waals surface area (Å²) in [6.07, 6.45) is 2.83. The molecule has 0 aromatic carbocycles. The van der Waals surface area contributed by atoms with E-state index in [4.69, 9.17) is 11.6 Å². The predicted molar refractivity (Wildman–Crippen MR) is 82.2 cm³/mol. The molecule has 0 radical (unpaired) electrons. The van der Waals surface area contributed by atoms with E-state index >= 15 is 0 Å². The highest BCUT2D eigenvalue weighted by atomic mass is 35.5. The lowest BCUT2D eigenvalue weighted by Crippen LogP contribution is -2.18. The minimum atomic E-state index is 0.676. The summed E-state index contributed by atoms with van der Waals surface area (Å²) < 4.78 is 0.816. The Kier molecular flexibility index (Phi) is 4.99. The van der Waals surface area contributed by atoms with Gasteiger partial charge in [-0.2, -0.15) is 4.98 Å². The number of thiophene rings is 1. The maximum absolute atomic E-state index is 5.94. The minimum absolute atomic E-state index is 0.676. The van der Waals surface area contributed by atoms with Gasteiger partial charge in [0.2, 0.25) is 5.95 Å². The fraction of sp³-hybridized carbons (Fsp3) is 0.385. The lowest BCUT2D eigenvalue weighted by atomic mass is 10.4. The molecule has 2 aromatic rings. The Morgan fingerprint density at radius 2 is 2.21 bits per heavy atom. The van der Waals surface area contributed by atoms with Crippen molar-refractivity contribution in [3.8, 4) is 0 Å². The van der Waals surface area contributed by atoms with Crippen LogP contribution in [0.25, 0.3) is 0 Å². The number of hydrogen-bond donors (Lipinski definition) is 1. The number of nitrogens with zero attached hydrogens (tertiary/aromatic N) is 3. The number of anilines is 2. The van der Waals surface area contributed by atoms with Crippen LogP contribution in [0, 0.1) is 0 Å². The fourth-order valence-electron chi connectivity index (χ4n) is 1.64. The van der Waals surface area contributed by atoms with Gasteiger partial charge in [0.15, 0.2) is 0 Å². The van der Waals surface area contributed by atoms with Gasteiger partial charge in [-0.25, -0.2) is 4.98 Å². The summed E-state index contributed by atoms with van der Waals surface area (Å²) in [5.74, 6) is 1.58. The zero-order chi connectivity index (χ0) is 13.7. The number of aromatic nitrogens is 2. The van der Waals surface area contributed by atoms with E-state index in [2.05, 4.69) is 27.1 Å². The Morgan fingerprint density at radius 3 is 2.89 bits per heavy atom. The largest absolute Gasteiger partial charge is 0.354 e. The zero-order valence-corrected chi connectivity index (χ0v) is 12.6. The molecule has 19 heavy (non-hydrogen) atoms. The van der Waals surface area contributed by atoms with Crippen LogP contribution >= 0.6 is 22.9 Å². The van der Waals surface area contributed by atoms with E-state index in [9.17, 15) is 0 Å². The summed E-state index contributed by atoms with van der Waals surface area (Å²) in [7, 11) is 2.01. The van der Waals surface area contributed by atoms with Crippen LogP contribution in [0.3, 0.4) is 0 Å². The Labute approximate surface area is 122 Å². The number of rotatable bonds is 6. The van der Waals surface area contributed by atoms with Gasteiger partial charge in [0.05, 0.1) is 10.9 Å². The summed E-state index contributed by atoms with van der Waals surface area (Å²) in [5, 5.41) is 3.19. The summed E-state index contributed by atoms with van der Waals surface area (Å²) in [6, 6.07) is 5.87. The second-order valence-electron chi connectivity index (χ2n) is 4.23. The van der Waals surface area contributed by atoms with Gasteiger partial charge in [-0.15, -0.1) is 11.3 Å². The van der Waals surface area contributed by atoms with Gasteiger partial charge < -0.3 is 10.2 Å². The average molecular weight is 297 g/mol. The molecule has 2 rings (SSSR count). The molecule has 0 unspecified atom stereocenters. The van der Waals surface area contributed by atoms with Crippen LogP contribution in [0.15, 0.2) is 24.4 Å². The summed E-state index contributed by atoms with van der Waals surface area (Å²) in [4.78, 5) is 12.0. The fourth-order valence-corrected chi connectivity index (χ4v) is 2.78. The first kappa shape index (κ1) is 14.1. The topological polar surface area (TPSA) is 41.1 Å². The van der Waals surface area contributed by atoms with E-state index in [0.717, 1.165) is 29.7 Å². The lowest BCUT2D eigenvalue weighted by Gasteiger charge is -2.17. The van der Waals surface area contributed by atoms with E-state index in [1.54, 1.807) is 17.5 Å². The third-order valence-electron chi connectivity index (χ3n) is 2.59. The van der Waals surface area contributed by atoms with Gasteiger partial charge in [0.1, 0.15) is 5.82 Å². The van der Waals surface area contributed by atoms with E-state index in [1.165, 1.54) is 4.88 Å². The molecule has 2 aromatic heterocycles. The van der Waals surface area contributed by atoms with Crippen molar-refractivity contribution >= 4 is 34.7 Å². The first-order valence-corrected chi connectivity index (χ1v) is 7.40. The first-order chi connectivity index (χ1) is 9.19. The van der Waals surface area contributed by atoms with Gasteiger partial charge >= 0.3 is 0 Å². The van der Waals surface area contributed by atoms with Crippen LogP contribution in [0.1, 0.15) is 18.2 Å².